The van der Waals surface area contributed by atoms with Gasteiger partial charge in [-0.05, 0) is 44.4 Å². The fourth-order valence-corrected chi connectivity index (χ4v) is 4.90. The number of hydrogen-bond acceptors (Lipinski definition) is 4. The summed E-state index contributed by atoms with van der Waals surface area (Å²) >= 11 is 1.25. The second-order valence-corrected chi connectivity index (χ2v) is 7.32. The normalized spacial score (nSPS) is 23.1. The molecule has 0 saturated heterocycles. The lowest BCUT2D eigenvalue weighted by Gasteiger charge is -2.39. The molecule has 26 heavy (non-hydrogen) atoms. The molecule has 1 unspecified atom stereocenters. The highest BCUT2D eigenvalue weighted by Crippen LogP contribution is 2.52. The van der Waals surface area contributed by atoms with Gasteiger partial charge >= 0.3 is 0 Å². The van der Waals surface area contributed by atoms with Crippen molar-refractivity contribution in [1.29, 1.82) is 0 Å². The van der Waals surface area contributed by atoms with Gasteiger partial charge in [0.2, 0.25) is 5.91 Å². The van der Waals surface area contributed by atoms with Gasteiger partial charge in [0.05, 0.1) is 0 Å². The van der Waals surface area contributed by atoms with Crippen molar-refractivity contribution in [2.75, 3.05) is 0 Å². The number of allylic oxidation sites excluding steroid dienone is 1. The number of halogens is 2. The van der Waals surface area contributed by atoms with Gasteiger partial charge in [-0.15, -0.1) is 0 Å². The van der Waals surface area contributed by atoms with E-state index in [2.05, 4.69) is 16.7 Å². The smallest absolute Gasteiger partial charge is 0.241 e. The minimum Gasteiger partial charge on any atom is -0.273 e. The van der Waals surface area contributed by atoms with E-state index in [1.807, 2.05) is 6.92 Å². The molecule has 1 aliphatic heterocycles. The van der Waals surface area contributed by atoms with Crippen molar-refractivity contribution in [2.24, 2.45) is 10.1 Å². The number of nitrogens with zero attached hydrogens (tertiary/aromatic N) is 3. The zero-order valence-electron chi connectivity index (χ0n) is 14.6. The van der Waals surface area contributed by atoms with Gasteiger partial charge in [-0.2, -0.15) is 5.10 Å². The Morgan fingerprint density at radius 2 is 2.23 bits per heavy atom. The molecule has 3 rings (SSSR count). The van der Waals surface area contributed by atoms with Gasteiger partial charge in [0, 0.05) is 30.0 Å². The van der Waals surface area contributed by atoms with E-state index < -0.39 is 16.5 Å². The number of rotatable bonds is 3. The van der Waals surface area contributed by atoms with E-state index in [0.29, 0.717) is 6.42 Å². The highest BCUT2D eigenvalue weighted by Gasteiger charge is 2.50. The third-order valence-electron chi connectivity index (χ3n) is 4.41. The van der Waals surface area contributed by atoms with Gasteiger partial charge in [0.1, 0.15) is 21.5 Å². The SMILES string of the molecule is C=CC1=C(/N=C\C)CCCC12SC(c1cc(F)ccc1F)=NN2C(C)=O. The fraction of sp³-hybridized carbons (Fsp3) is 0.316. The van der Waals surface area contributed by atoms with Crippen LogP contribution in [-0.2, 0) is 4.79 Å². The van der Waals surface area contributed by atoms with Crippen LogP contribution in [-0.4, -0.2) is 27.0 Å². The molecule has 0 radical (unpaired) electrons. The third kappa shape index (κ3) is 3.00. The van der Waals surface area contributed by atoms with E-state index in [-0.39, 0.29) is 16.5 Å². The molecule has 0 bridgehead atoms. The summed E-state index contributed by atoms with van der Waals surface area (Å²) in [7, 11) is 0. The topological polar surface area (TPSA) is 45.0 Å². The molecular weight excluding hydrogens is 356 g/mol. The molecule has 1 atom stereocenters. The van der Waals surface area contributed by atoms with Crippen LogP contribution in [0.2, 0.25) is 0 Å². The first kappa shape index (κ1) is 18.5. The maximum Gasteiger partial charge on any atom is 0.241 e. The molecule has 1 aromatic rings. The predicted octanol–water partition coefficient (Wildman–Crippen LogP) is 4.63. The maximum atomic E-state index is 14.3. The molecule has 0 aromatic heterocycles. The van der Waals surface area contributed by atoms with E-state index in [1.165, 1.54) is 23.7 Å². The van der Waals surface area contributed by atoms with Crippen LogP contribution >= 0.6 is 11.8 Å². The summed E-state index contributed by atoms with van der Waals surface area (Å²) in [5, 5.41) is 5.99. The standard InChI is InChI=1S/C19H19F2N3OS/c1-4-15-17(22-5-2)7-6-10-19(15)24(12(3)25)23-18(26-19)14-11-13(20)8-9-16(14)21/h4-5,8-9,11H,1,6-7,10H2,2-3H3/b22-5-. The Morgan fingerprint density at radius 3 is 2.88 bits per heavy atom. The van der Waals surface area contributed by atoms with Crippen molar-refractivity contribution in [3.05, 3.63) is 59.3 Å². The van der Waals surface area contributed by atoms with Crippen molar-refractivity contribution in [3.8, 4) is 0 Å². The molecule has 0 N–H and O–H groups in total. The Kier molecular flexibility index (Phi) is 5.09. The predicted molar refractivity (Wildman–Crippen MR) is 101 cm³/mol. The number of aliphatic imine (C=N–C) groups is 1. The molecule has 4 nitrogen and oxygen atoms in total. The average Bonchev–Trinajstić information content (AvgIpc) is 2.97. The number of carbonyl (C=O) groups is 1. The van der Waals surface area contributed by atoms with Crippen LogP contribution in [0.15, 0.2) is 52.2 Å². The summed E-state index contributed by atoms with van der Waals surface area (Å²) in [4.78, 5) is 15.9. The Bertz CT molecular complexity index is 862. The summed E-state index contributed by atoms with van der Waals surface area (Å²) in [6.07, 6.45) is 5.58. The van der Waals surface area contributed by atoms with Crippen LogP contribution in [0.3, 0.4) is 0 Å². The van der Waals surface area contributed by atoms with E-state index in [4.69, 9.17) is 0 Å². The molecule has 7 heteroatoms. The number of carbonyl (C=O) groups excluding carboxylic acids is 1. The summed E-state index contributed by atoms with van der Waals surface area (Å²) in [6.45, 7) is 7.13. The number of hydrazone groups is 1. The van der Waals surface area contributed by atoms with Crippen molar-refractivity contribution >= 4 is 28.9 Å². The zero-order chi connectivity index (χ0) is 18.9. The average molecular weight is 375 g/mol. The van der Waals surface area contributed by atoms with Gasteiger partial charge in [0.15, 0.2) is 0 Å². The van der Waals surface area contributed by atoms with Crippen molar-refractivity contribution in [1.82, 2.24) is 5.01 Å². The van der Waals surface area contributed by atoms with Gasteiger partial charge in [-0.25, -0.2) is 13.8 Å². The van der Waals surface area contributed by atoms with E-state index >= 15 is 0 Å². The van der Waals surface area contributed by atoms with Crippen LogP contribution in [0.1, 0.15) is 38.7 Å². The highest BCUT2D eigenvalue weighted by molar-refractivity contribution is 8.16. The second kappa shape index (κ2) is 7.15. The van der Waals surface area contributed by atoms with Crippen LogP contribution in [0.4, 0.5) is 8.78 Å². The fourth-order valence-electron chi connectivity index (χ4n) is 3.37. The van der Waals surface area contributed by atoms with Crippen molar-refractivity contribution < 1.29 is 13.6 Å². The highest BCUT2D eigenvalue weighted by atomic mass is 32.2. The summed E-state index contributed by atoms with van der Waals surface area (Å²) in [6, 6.07) is 3.22. The third-order valence-corrected chi connectivity index (χ3v) is 5.84. The Hall–Kier alpha value is -2.28. The first-order valence-corrected chi connectivity index (χ1v) is 9.13. The Labute approximate surface area is 155 Å². The van der Waals surface area contributed by atoms with Crippen molar-refractivity contribution in [2.45, 2.75) is 38.0 Å². The summed E-state index contributed by atoms with van der Waals surface area (Å²) < 4.78 is 27.9. The molecule has 1 amide bonds. The number of benzene rings is 1. The maximum absolute atomic E-state index is 14.3. The molecule has 1 spiro atoms. The number of thioether (sulfide) groups is 1. The quantitative estimate of drug-likeness (QED) is 0.723. The number of hydrogen-bond donors (Lipinski definition) is 0. The van der Waals surface area contributed by atoms with Gasteiger partial charge in [0.25, 0.3) is 0 Å². The Balaban J connectivity index is 2.15. The molecule has 2 aliphatic rings. The number of amides is 1. The monoisotopic (exact) mass is 375 g/mol. The first-order chi connectivity index (χ1) is 12.4. The first-order valence-electron chi connectivity index (χ1n) is 8.31. The lowest BCUT2D eigenvalue weighted by Crippen LogP contribution is -2.45. The lowest BCUT2D eigenvalue weighted by molar-refractivity contribution is -0.131. The zero-order valence-corrected chi connectivity index (χ0v) is 15.4. The second-order valence-electron chi connectivity index (χ2n) is 6.05. The molecule has 136 valence electrons. The van der Waals surface area contributed by atoms with Gasteiger partial charge in [-0.3, -0.25) is 9.79 Å². The molecule has 1 aliphatic carbocycles. The minimum absolute atomic E-state index is 0.0488. The van der Waals surface area contributed by atoms with Crippen molar-refractivity contribution in [3.63, 3.8) is 0 Å². The van der Waals surface area contributed by atoms with E-state index in [9.17, 15) is 13.6 Å². The molecule has 0 saturated carbocycles. The van der Waals surface area contributed by atoms with Crippen LogP contribution in [0.25, 0.3) is 0 Å². The molecule has 1 aromatic carbocycles. The van der Waals surface area contributed by atoms with Crippen LogP contribution in [0, 0.1) is 11.6 Å². The van der Waals surface area contributed by atoms with Crippen LogP contribution < -0.4 is 0 Å². The van der Waals surface area contributed by atoms with E-state index in [0.717, 1.165) is 42.3 Å². The van der Waals surface area contributed by atoms with Gasteiger partial charge in [-0.1, -0.05) is 24.4 Å². The molecule has 1 heterocycles. The minimum atomic E-state index is -0.832. The molecule has 0 fully saturated rings. The summed E-state index contributed by atoms with van der Waals surface area (Å²) in [5.41, 5.74) is 1.67. The summed E-state index contributed by atoms with van der Waals surface area (Å²) in [5.74, 6) is -1.41. The van der Waals surface area contributed by atoms with Crippen LogP contribution in [0.5, 0.6) is 0 Å². The van der Waals surface area contributed by atoms with Gasteiger partial charge < -0.3 is 0 Å². The Morgan fingerprint density at radius 1 is 1.46 bits per heavy atom. The van der Waals surface area contributed by atoms with E-state index in [1.54, 1.807) is 12.3 Å². The lowest BCUT2D eigenvalue weighted by atomic mass is 9.90. The largest absolute Gasteiger partial charge is 0.273 e. The molecular formula is C19H19F2N3OS.